The van der Waals surface area contributed by atoms with Crippen LogP contribution < -0.4 is 10.1 Å². The average Bonchev–Trinajstić information content (AvgIpc) is 2.46. The second-order valence-corrected chi connectivity index (χ2v) is 8.94. The van der Waals surface area contributed by atoms with Crippen molar-refractivity contribution in [2.24, 2.45) is 0 Å². The molecule has 0 atom stereocenters. The Morgan fingerprint density at radius 3 is 2.24 bits per heavy atom. The quantitative estimate of drug-likeness (QED) is 0.600. The van der Waals surface area contributed by atoms with Crippen LogP contribution in [0.3, 0.4) is 0 Å². The van der Waals surface area contributed by atoms with Crippen molar-refractivity contribution in [3.8, 4) is 5.75 Å². The summed E-state index contributed by atoms with van der Waals surface area (Å²) in [6, 6.07) is 15.0. The zero-order valence-electron chi connectivity index (χ0n) is 10.8. The number of nitrogens with one attached hydrogen (secondary N) is 1. The fourth-order valence-corrected chi connectivity index (χ4v) is 2.91. The molecule has 0 aromatic heterocycles. The highest BCUT2D eigenvalue weighted by Crippen LogP contribution is 2.19. The predicted octanol–water partition coefficient (Wildman–Crippen LogP) is 2.83. The lowest BCUT2D eigenvalue weighted by atomic mass is 10.3. The molecular formula is C14H12INO4S. The molecule has 0 spiro atoms. The molecule has 1 N–H and O–H groups in total. The summed E-state index contributed by atoms with van der Waals surface area (Å²) < 4.78 is 27.9. The lowest BCUT2D eigenvalue weighted by Gasteiger charge is -2.07. The zero-order chi connectivity index (χ0) is 15.3. The van der Waals surface area contributed by atoms with E-state index in [1.54, 1.807) is 12.1 Å². The van der Waals surface area contributed by atoms with Gasteiger partial charge in [-0.2, -0.15) is 0 Å². The maximum absolute atomic E-state index is 11.7. The molecule has 0 unspecified atom stereocenters. The molecule has 5 nitrogen and oxygen atoms in total. The average molecular weight is 417 g/mol. The molecule has 2 rings (SSSR count). The normalized spacial score (nSPS) is 10.9. The molecule has 0 radical (unpaired) electrons. The lowest BCUT2D eigenvalue weighted by molar-refractivity contribution is -0.118. The van der Waals surface area contributed by atoms with E-state index < -0.39 is 7.01 Å². The van der Waals surface area contributed by atoms with E-state index in [4.69, 9.17) is 4.74 Å². The molecule has 0 aliphatic heterocycles. The van der Waals surface area contributed by atoms with Gasteiger partial charge in [0.15, 0.2) is 6.61 Å². The summed E-state index contributed by atoms with van der Waals surface area (Å²) in [5, 5.41) is 2.63. The fourth-order valence-electron chi connectivity index (χ4n) is 1.56. The summed E-state index contributed by atoms with van der Waals surface area (Å²) in [5.41, 5.74) is 0.514. The van der Waals surface area contributed by atoms with Crippen LogP contribution in [0.2, 0.25) is 0 Å². The molecule has 0 saturated carbocycles. The van der Waals surface area contributed by atoms with Gasteiger partial charge in [-0.3, -0.25) is 4.79 Å². The van der Waals surface area contributed by atoms with Crippen LogP contribution in [0.5, 0.6) is 5.75 Å². The first-order valence-electron chi connectivity index (χ1n) is 5.97. The summed E-state index contributed by atoms with van der Waals surface area (Å²) in [7, 11) is -3.26. The van der Waals surface area contributed by atoms with Crippen LogP contribution in [0.15, 0.2) is 59.5 Å². The highest BCUT2D eigenvalue weighted by molar-refractivity contribution is 14.2. The molecule has 110 valence electrons. The van der Waals surface area contributed by atoms with Gasteiger partial charge in [0.2, 0.25) is 7.01 Å². The minimum atomic E-state index is -3.26. The first-order chi connectivity index (χ1) is 9.95. The molecule has 7 heteroatoms. The number of amides is 1. The molecule has 1 amide bonds. The lowest BCUT2D eigenvalue weighted by Crippen LogP contribution is -2.20. The molecule has 0 saturated heterocycles. The van der Waals surface area contributed by atoms with Crippen molar-refractivity contribution >= 4 is 39.8 Å². The summed E-state index contributed by atoms with van der Waals surface area (Å²) in [4.78, 5) is 11.9. The molecular weight excluding hydrogens is 405 g/mol. The van der Waals surface area contributed by atoms with Crippen LogP contribution in [0, 0.1) is 0 Å². The number of hydrogen-bond donors (Lipinski definition) is 1. The number of carbonyl (C=O) groups excluding carboxylic acids is 1. The van der Waals surface area contributed by atoms with Crippen molar-refractivity contribution in [1.29, 1.82) is 0 Å². The number of hydrogen-bond acceptors (Lipinski definition) is 4. The Kier molecular flexibility index (Phi) is 5.18. The minimum Gasteiger partial charge on any atom is -0.484 e. The topological polar surface area (TPSA) is 72.5 Å². The van der Waals surface area contributed by atoms with Gasteiger partial charge < -0.3 is 10.1 Å². The van der Waals surface area contributed by atoms with E-state index in [1.807, 2.05) is 18.2 Å². The summed E-state index contributed by atoms with van der Waals surface area (Å²) in [6.45, 7) is -0.115. The van der Waals surface area contributed by atoms with Crippen LogP contribution in [0.4, 0.5) is 5.69 Å². The molecule has 0 aliphatic carbocycles. The largest absolute Gasteiger partial charge is 0.484 e. The number of benzene rings is 2. The molecule has 0 fully saturated rings. The van der Waals surface area contributed by atoms with E-state index >= 15 is 0 Å². The Morgan fingerprint density at radius 2 is 1.67 bits per heavy atom. The first kappa shape index (κ1) is 15.8. The smallest absolute Gasteiger partial charge is 0.262 e. The maximum atomic E-state index is 11.7. The SMILES string of the molecule is O=C(COc1ccccc1)Nc1ccc(S(=O)(=O)I)cc1. The molecule has 0 aliphatic rings. The predicted molar refractivity (Wildman–Crippen MR) is 88.2 cm³/mol. The van der Waals surface area contributed by atoms with Gasteiger partial charge in [-0.15, -0.1) is 0 Å². The van der Waals surface area contributed by atoms with Gasteiger partial charge >= 0.3 is 0 Å². The Labute approximate surface area is 134 Å². The Morgan fingerprint density at radius 1 is 1.05 bits per heavy atom. The third-order valence-corrected chi connectivity index (χ3v) is 4.89. The van der Waals surface area contributed by atoms with Crippen molar-refractivity contribution in [3.63, 3.8) is 0 Å². The van der Waals surface area contributed by atoms with E-state index in [9.17, 15) is 13.2 Å². The Hall–Kier alpha value is -1.61. The van der Waals surface area contributed by atoms with Crippen LogP contribution in [-0.2, 0) is 11.8 Å². The van der Waals surface area contributed by atoms with Crippen molar-refractivity contribution in [2.45, 2.75) is 4.90 Å². The first-order valence-corrected chi connectivity index (χ1v) is 10.0. The van der Waals surface area contributed by atoms with Gasteiger partial charge in [-0.05, 0) is 36.4 Å². The molecule has 0 bridgehead atoms. The molecule has 2 aromatic carbocycles. The van der Waals surface area contributed by atoms with Crippen molar-refractivity contribution in [3.05, 3.63) is 54.6 Å². The Bertz CT molecular complexity index is 714. The van der Waals surface area contributed by atoms with Gasteiger partial charge in [0, 0.05) is 5.69 Å². The fraction of sp³-hybridized carbons (Fsp3) is 0.0714. The Balaban J connectivity index is 1.91. The van der Waals surface area contributed by atoms with E-state index in [-0.39, 0.29) is 17.4 Å². The molecule has 0 heterocycles. The number of para-hydroxylation sites is 1. The summed E-state index contributed by atoms with van der Waals surface area (Å²) in [6.07, 6.45) is 0. The van der Waals surface area contributed by atoms with Crippen molar-refractivity contribution < 1.29 is 17.9 Å². The number of rotatable bonds is 5. The van der Waals surface area contributed by atoms with E-state index in [0.29, 0.717) is 11.4 Å². The van der Waals surface area contributed by atoms with Gasteiger partial charge in [-0.1, -0.05) is 18.2 Å². The van der Waals surface area contributed by atoms with Gasteiger partial charge in [-0.25, -0.2) is 8.42 Å². The highest BCUT2D eigenvalue weighted by Gasteiger charge is 2.09. The van der Waals surface area contributed by atoms with E-state index in [1.165, 1.54) is 45.5 Å². The zero-order valence-corrected chi connectivity index (χ0v) is 13.8. The number of halogens is 1. The summed E-state index contributed by atoms with van der Waals surface area (Å²) in [5.74, 6) is 0.294. The standard InChI is InChI=1S/C14H12INO4S/c15-21(18,19)13-8-6-11(7-9-13)16-14(17)10-20-12-4-2-1-3-5-12/h1-9H,10H2,(H,16,17). The van der Waals surface area contributed by atoms with Crippen LogP contribution >= 0.6 is 21.2 Å². The third kappa shape index (κ3) is 5.01. The van der Waals surface area contributed by atoms with Crippen molar-refractivity contribution in [2.75, 3.05) is 11.9 Å². The number of ether oxygens (including phenoxy) is 1. The van der Waals surface area contributed by atoms with Gasteiger partial charge in [0.1, 0.15) is 5.75 Å². The minimum absolute atomic E-state index is 0.115. The second-order valence-electron chi connectivity index (χ2n) is 4.11. The highest BCUT2D eigenvalue weighted by atomic mass is 127. The summed E-state index contributed by atoms with van der Waals surface area (Å²) >= 11 is 1.36. The molecule has 2 aromatic rings. The number of carbonyl (C=O) groups is 1. The molecule has 21 heavy (non-hydrogen) atoms. The van der Waals surface area contributed by atoms with Crippen LogP contribution in [0.25, 0.3) is 0 Å². The van der Waals surface area contributed by atoms with Crippen LogP contribution in [-0.4, -0.2) is 20.9 Å². The number of anilines is 1. The van der Waals surface area contributed by atoms with Gasteiger partial charge in [0.05, 0.1) is 26.1 Å². The van der Waals surface area contributed by atoms with Gasteiger partial charge in [0.25, 0.3) is 5.91 Å². The van der Waals surface area contributed by atoms with E-state index in [2.05, 4.69) is 5.32 Å². The van der Waals surface area contributed by atoms with Crippen LogP contribution in [0.1, 0.15) is 0 Å². The maximum Gasteiger partial charge on any atom is 0.262 e. The third-order valence-electron chi connectivity index (χ3n) is 2.53. The van der Waals surface area contributed by atoms with Crippen molar-refractivity contribution in [1.82, 2.24) is 0 Å². The monoisotopic (exact) mass is 417 g/mol. The van der Waals surface area contributed by atoms with E-state index in [0.717, 1.165) is 0 Å². The second kappa shape index (κ2) is 6.90.